The molecule has 156 valence electrons. The highest BCUT2D eigenvalue weighted by Crippen LogP contribution is 2.42. The van der Waals surface area contributed by atoms with Gasteiger partial charge >= 0.3 is 0 Å². The Kier molecular flexibility index (Phi) is 4.35. The van der Waals surface area contributed by atoms with E-state index < -0.39 is 0 Å². The molecule has 3 aromatic heterocycles. The second-order valence-corrected chi connectivity index (χ2v) is 7.99. The van der Waals surface area contributed by atoms with Gasteiger partial charge in [0.1, 0.15) is 11.7 Å². The molecule has 0 spiro atoms. The van der Waals surface area contributed by atoms with Crippen LogP contribution in [-0.4, -0.2) is 37.5 Å². The van der Waals surface area contributed by atoms with Crippen molar-refractivity contribution in [3.8, 4) is 11.3 Å². The molecule has 6 nitrogen and oxygen atoms in total. The van der Waals surface area contributed by atoms with Crippen molar-refractivity contribution in [1.29, 1.82) is 0 Å². The molecule has 0 aliphatic carbocycles. The van der Waals surface area contributed by atoms with E-state index in [1.807, 2.05) is 71.8 Å². The van der Waals surface area contributed by atoms with E-state index in [2.05, 4.69) is 32.3 Å². The molecule has 5 aromatic rings. The fourth-order valence-corrected chi connectivity index (χ4v) is 4.67. The second-order valence-electron chi connectivity index (χ2n) is 7.99. The van der Waals surface area contributed by atoms with Gasteiger partial charge in [-0.05, 0) is 30.2 Å². The van der Waals surface area contributed by atoms with E-state index in [9.17, 15) is 4.79 Å². The van der Waals surface area contributed by atoms with Crippen molar-refractivity contribution in [3.05, 3.63) is 108 Å². The van der Waals surface area contributed by atoms with E-state index in [1.165, 1.54) is 10.9 Å². The van der Waals surface area contributed by atoms with Gasteiger partial charge in [-0.1, -0.05) is 54.6 Å². The number of carbonyl (C=O) groups excluding carboxylic acids is 1. The Labute approximate surface area is 184 Å². The molecule has 4 heterocycles. The summed E-state index contributed by atoms with van der Waals surface area (Å²) in [5.74, 6) is -0.0369. The predicted molar refractivity (Wildman–Crippen MR) is 123 cm³/mol. The molecular weight excluding hydrogens is 398 g/mol. The molecule has 0 radical (unpaired) electrons. The minimum absolute atomic E-state index is 0.0369. The van der Waals surface area contributed by atoms with Crippen LogP contribution in [0, 0.1) is 0 Å². The first-order valence-electron chi connectivity index (χ1n) is 10.7. The van der Waals surface area contributed by atoms with Gasteiger partial charge in [0.25, 0.3) is 5.91 Å². The maximum absolute atomic E-state index is 13.5. The number of benzene rings is 2. The highest BCUT2D eigenvalue weighted by Gasteiger charge is 2.42. The Balaban J connectivity index is 1.40. The maximum atomic E-state index is 13.5. The van der Waals surface area contributed by atoms with Crippen LogP contribution in [0.5, 0.6) is 0 Å². The van der Waals surface area contributed by atoms with Crippen molar-refractivity contribution in [2.75, 3.05) is 6.54 Å². The Morgan fingerprint density at radius 2 is 1.75 bits per heavy atom. The van der Waals surface area contributed by atoms with Crippen LogP contribution < -0.4 is 0 Å². The number of fused-ring (bicyclic) bond motifs is 2. The fraction of sp³-hybridized carbons (Fsp3) is 0.115. The van der Waals surface area contributed by atoms with Gasteiger partial charge in [-0.15, -0.1) is 0 Å². The van der Waals surface area contributed by atoms with Gasteiger partial charge in [0.2, 0.25) is 0 Å². The first-order chi connectivity index (χ1) is 15.8. The van der Waals surface area contributed by atoms with Crippen molar-refractivity contribution < 1.29 is 4.79 Å². The number of hydrogen-bond acceptors (Lipinski definition) is 3. The lowest BCUT2D eigenvalue weighted by atomic mass is 9.99. The minimum Gasteiger partial charge on any atom is -0.361 e. The molecule has 0 fully saturated rings. The number of para-hydroxylation sites is 1. The number of aromatic amines is 2. The van der Waals surface area contributed by atoms with E-state index in [0.717, 1.165) is 34.5 Å². The largest absolute Gasteiger partial charge is 0.361 e. The fourth-order valence-electron chi connectivity index (χ4n) is 4.67. The van der Waals surface area contributed by atoms with Crippen molar-refractivity contribution in [2.24, 2.45) is 0 Å². The van der Waals surface area contributed by atoms with Crippen LogP contribution in [0.3, 0.4) is 0 Å². The van der Waals surface area contributed by atoms with Gasteiger partial charge in [-0.25, -0.2) is 0 Å². The van der Waals surface area contributed by atoms with Crippen LogP contribution in [0.25, 0.3) is 22.2 Å². The summed E-state index contributed by atoms with van der Waals surface area (Å²) in [5, 5.41) is 8.72. The lowest BCUT2D eigenvalue weighted by molar-refractivity contribution is 0.0743. The summed E-state index contributed by atoms with van der Waals surface area (Å²) in [6, 6.07) is 23.8. The highest BCUT2D eigenvalue weighted by atomic mass is 16.2. The quantitative estimate of drug-likeness (QED) is 0.432. The summed E-state index contributed by atoms with van der Waals surface area (Å²) >= 11 is 0. The first-order valence-corrected chi connectivity index (χ1v) is 10.7. The number of amides is 1. The molecule has 1 aliphatic heterocycles. The van der Waals surface area contributed by atoms with E-state index in [0.29, 0.717) is 12.2 Å². The average molecular weight is 419 g/mol. The van der Waals surface area contributed by atoms with Crippen molar-refractivity contribution in [1.82, 2.24) is 25.1 Å². The Morgan fingerprint density at radius 3 is 2.59 bits per heavy atom. The molecule has 0 bridgehead atoms. The van der Waals surface area contributed by atoms with Crippen LogP contribution in [-0.2, 0) is 6.42 Å². The number of nitrogens with one attached hydrogen (secondary N) is 2. The van der Waals surface area contributed by atoms with Crippen molar-refractivity contribution >= 4 is 16.8 Å². The molecule has 1 unspecified atom stereocenters. The summed E-state index contributed by atoms with van der Waals surface area (Å²) in [6.07, 6.45) is 4.56. The van der Waals surface area contributed by atoms with E-state index in [4.69, 9.17) is 0 Å². The van der Waals surface area contributed by atoms with Gasteiger partial charge in [0, 0.05) is 41.0 Å². The average Bonchev–Trinajstić information content (AvgIpc) is 3.53. The van der Waals surface area contributed by atoms with Crippen LogP contribution in [0.2, 0.25) is 0 Å². The monoisotopic (exact) mass is 419 g/mol. The van der Waals surface area contributed by atoms with E-state index in [1.54, 1.807) is 6.20 Å². The molecule has 32 heavy (non-hydrogen) atoms. The smallest absolute Gasteiger partial charge is 0.273 e. The molecule has 1 amide bonds. The Morgan fingerprint density at radius 1 is 0.938 bits per heavy atom. The zero-order valence-corrected chi connectivity index (χ0v) is 17.3. The number of H-pyrrole nitrogens is 2. The molecule has 0 saturated carbocycles. The van der Waals surface area contributed by atoms with Crippen LogP contribution >= 0.6 is 0 Å². The third-order valence-electron chi connectivity index (χ3n) is 6.18. The maximum Gasteiger partial charge on any atom is 0.273 e. The lowest BCUT2D eigenvalue weighted by Crippen LogP contribution is -2.32. The number of hydrogen-bond donors (Lipinski definition) is 2. The molecule has 1 aliphatic rings. The number of rotatable bonds is 5. The molecular formula is C26H21N5O. The van der Waals surface area contributed by atoms with Crippen molar-refractivity contribution in [2.45, 2.75) is 12.5 Å². The second kappa shape index (κ2) is 7.50. The third-order valence-corrected chi connectivity index (χ3v) is 6.18. The summed E-state index contributed by atoms with van der Waals surface area (Å²) in [7, 11) is 0. The Hall–Kier alpha value is -4.19. The Bertz CT molecular complexity index is 1400. The topological polar surface area (TPSA) is 77.7 Å². The number of carbonyl (C=O) groups is 1. The standard InChI is InChI=1S/C26H21N5O/c32-26-24-22(23(29-30-24)17-8-2-1-3-9-17)25(21-12-6-7-14-27-21)31(26)15-13-18-16-28-20-11-5-4-10-19(18)20/h1-12,14,16,25,28H,13,15H2,(H,29,30). The summed E-state index contributed by atoms with van der Waals surface area (Å²) in [6.45, 7) is 0.582. The van der Waals surface area contributed by atoms with Crippen molar-refractivity contribution in [3.63, 3.8) is 0 Å². The molecule has 6 heteroatoms. The zero-order chi connectivity index (χ0) is 21.5. The van der Waals surface area contributed by atoms with E-state index in [-0.39, 0.29) is 11.9 Å². The van der Waals surface area contributed by atoms with E-state index >= 15 is 0 Å². The zero-order valence-electron chi connectivity index (χ0n) is 17.3. The molecule has 2 N–H and O–H groups in total. The number of pyridine rings is 1. The van der Waals surface area contributed by atoms with Gasteiger partial charge in [-0.2, -0.15) is 5.10 Å². The predicted octanol–water partition coefficient (Wildman–Crippen LogP) is 4.74. The van der Waals surface area contributed by atoms with Gasteiger partial charge in [-0.3, -0.25) is 14.9 Å². The minimum atomic E-state index is -0.280. The lowest BCUT2D eigenvalue weighted by Gasteiger charge is -2.25. The van der Waals surface area contributed by atoms with Gasteiger partial charge < -0.3 is 9.88 Å². The normalized spacial score (nSPS) is 15.4. The summed E-state index contributed by atoms with van der Waals surface area (Å²) in [5.41, 5.74) is 6.40. The summed E-state index contributed by atoms with van der Waals surface area (Å²) < 4.78 is 0. The first kappa shape index (κ1) is 18.6. The van der Waals surface area contributed by atoms with Crippen LogP contribution in [0.4, 0.5) is 0 Å². The highest BCUT2D eigenvalue weighted by molar-refractivity contribution is 6.00. The molecule has 1 atom stereocenters. The number of aromatic nitrogens is 4. The third kappa shape index (κ3) is 2.92. The van der Waals surface area contributed by atoms with Gasteiger partial charge in [0.15, 0.2) is 0 Å². The van der Waals surface area contributed by atoms with Crippen LogP contribution in [0.15, 0.2) is 85.2 Å². The SMILES string of the molecule is O=C1c2[nH]nc(-c3ccccc3)c2C(c2ccccn2)N1CCc1c[nH]c2ccccc12. The van der Waals surface area contributed by atoms with Crippen LogP contribution in [0.1, 0.15) is 33.4 Å². The molecule has 6 rings (SSSR count). The van der Waals surface area contributed by atoms with Gasteiger partial charge in [0.05, 0.1) is 11.4 Å². The molecule has 2 aromatic carbocycles. The number of nitrogens with zero attached hydrogens (tertiary/aromatic N) is 3. The summed E-state index contributed by atoms with van der Waals surface area (Å²) in [4.78, 5) is 23.3. The molecule has 0 saturated heterocycles.